The highest BCUT2D eigenvalue weighted by Crippen LogP contribution is 2.22. The number of hydrogen-bond donors (Lipinski definition) is 1. The lowest BCUT2D eigenvalue weighted by Crippen LogP contribution is -2.58. The fraction of sp³-hybridized carbons (Fsp3) is 0.857. The van der Waals surface area contributed by atoms with Crippen LogP contribution in [-0.4, -0.2) is 55.0 Å². The number of morpholine rings is 1. The lowest BCUT2D eigenvalue weighted by atomic mass is 10.0. The number of ketones is 1. The van der Waals surface area contributed by atoms with E-state index in [1.165, 1.54) is 0 Å². The quantitative estimate of drug-likeness (QED) is 0.767. The standard InChI is InChI=1S/C14H24N2O3/c1-2-15-14(18)12-10-19-9-8-16(12)11-6-4-3-5-7-13(11)17/h11-12H,2-10H2,1H3,(H,15,18). The van der Waals surface area contributed by atoms with E-state index in [2.05, 4.69) is 10.2 Å². The molecule has 0 aromatic carbocycles. The summed E-state index contributed by atoms with van der Waals surface area (Å²) >= 11 is 0. The van der Waals surface area contributed by atoms with E-state index in [0.717, 1.165) is 25.7 Å². The maximum Gasteiger partial charge on any atom is 0.239 e. The number of carbonyl (C=O) groups is 2. The maximum atomic E-state index is 12.2. The van der Waals surface area contributed by atoms with Gasteiger partial charge in [-0.05, 0) is 19.8 Å². The summed E-state index contributed by atoms with van der Waals surface area (Å²) in [6, 6.07) is -0.389. The van der Waals surface area contributed by atoms with Crippen LogP contribution >= 0.6 is 0 Å². The molecule has 1 aliphatic carbocycles. The van der Waals surface area contributed by atoms with E-state index >= 15 is 0 Å². The van der Waals surface area contributed by atoms with Gasteiger partial charge in [0.1, 0.15) is 11.8 Å². The highest BCUT2D eigenvalue weighted by molar-refractivity contribution is 5.86. The molecular weight excluding hydrogens is 244 g/mol. The molecule has 1 N–H and O–H groups in total. The van der Waals surface area contributed by atoms with E-state index in [0.29, 0.717) is 38.5 Å². The number of rotatable bonds is 3. The molecule has 1 aliphatic heterocycles. The summed E-state index contributed by atoms with van der Waals surface area (Å²) in [6.07, 6.45) is 4.73. The van der Waals surface area contributed by atoms with Gasteiger partial charge >= 0.3 is 0 Å². The normalized spacial score (nSPS) is 29.8. The van der Waals surface area contributed by atoms with E-state index in [9.17, 15) is 9.59 Å². The van der Waals surface area contributed by atoms with E-state index in [4.69, 9.17) is 4.74 Å². The van der Waals surface area contributed by atoms with Crippen molar-refractivity contribution in [1.29, 1.82) is 0 Å². The molecule has 0 radical (unpaired) electrons. The van der Waals surface area contributed by atoms with Crippen LogP contribution in [0.15, 0.2) is 0 Å². The van der Waals surface area contributed by atoms with Crippen molar-refractivity contribution in [3.63, 3.8) is 0 Å². The van der Waals surface area contributed by atoms with Crippen LogP contribution in [0.5, 0.6) is 0 Å². The van der Waals surface area contributed by atoms with Crippen LogP contribution in [0.25, 0.3) is 0 Å². The second-order valence-electron chi connectivity index (χ2n) is 5.30. The topological polar surface area (TPSA) is 58.6 Å². The van der Waals surface area contributed by atoms with Gasteiger partial charge in [0.2, 0.25) is 5.91 Å². The molecule has 1 saturated carbocycles. The molecule has 2 atom stereocenters. The van der Waals surface area contributed by atoms with E-state index in [-0.39, 0.29) is 18.0 Å². The zero-order valence-corrected chi connectivity index (χ0v) is 11.7. The number of nitrogens with one attached hydrogen (secondary N) is 1. The van der Waals surface area contributed by atoms with Crippen LogP contribution in [0.3, 0.4) is 0 Å². The summed E-state index contributed by atoms with van der Waals surface area (Å²) in [6.45, 7) is 4.21. The fourth-order valence-corrected chi connectivity index (χ4v) is 3.00. The molecule has 0 aromatic rings. The van der Waals surface area contributed by atoms with Gasteiger partial charge in [0.05, 0.1) is 19.3 Å². The first-order valence-corrected chi connectivity index (χ1v) is 7.38. The summed E-state index contributed by atoms with van der Waals surface area (Å²) in [5.74, 6) is 0.285. The number of carbonyl (C=O) groups excluding carboxylic acids is 2. The molecule has 1 amide bonds. The van der Waals surface area contributed by atoms with Crippen LogP contribution in [0, 0.1) is 0 Å². The third-order valence-electron chi connectivity index (χ3n) is 4.00. The van der Waals surface area contributed by atoms with Crippen LogP contribution in [0.1, 0.15) is 39.0 Å². The predicted octanol–water partition coefficient (Wildman–Crippen LogP) is 0.725. The molecule has 0 aromatic heterocycles. The highest BCUT2D eigenvalue weighted by atomic mass is 16.5. The van der Waals surface area contributed by atoms with Gasteiger partial charge < -0.3 is 10.1 Å². The average Bonchev–Trinajstić information content (AvgIpc) is 2.64. The predicted molar refractivity (Wildman–Crippen MR) is 71.9 cm³/mol. The zero-order valence-electron chi connectivity index (χ0n) is 11.7. The van der Waals surface area contributed by atoms with Crippen molar-refractivity contribution < 1.29 is 14.3 Å². The minimum atomic E-state index is -0.305. The molecule has 2 rings (SSSR count). The Kier molecular flexibility index (Phi) is 5.34. The first kappa shape index (κ1) is 14.5. The number of nitrogens with zero attached hydrogens (tertiary/aromatic N) is 1. The molecule has 5 heteroatoms. The van der Waals surface area contributed by atoms with E-state index in [1.54, 1.807) is 0 Å². The lowest BCUT2D eigenvalue weighted by molar-refractivity contribution is -0.139. The summed E-state index contributed by atoms with van der Waals surface area (Å²) in [5.41, 5.74) is 0. The van der Waals surface area contributed by atoms with Crippen molar-refractivity contribution in [3.8, 4) is 0 Å². The molecule has 19 heavy (non-hydrogen) atoms. The third kappa shape index (κ3) is 3.54. The highest BCUT2D eigenvalue weighted by Gasteiger charge is 2.37. The number of ether oxygens (including phenoxy) is 1. The molecule has 1 heterocycles. The Balaban J connectivity index is 2.08. The third-order valence-corrected chi connectivity index (χ3v) is 4.00. The van der Waals surface area contributed by atoms with Gasteiger partial charge in [-0.15, -0.1) is 0 Å². The fourth-order valence-electron chi connectivity index (χ4n) is 3.00. The maximum absolute atomic E-state index is 12.2. The van der Waals surface area contributed by atoms with Crippen molar-refractivity contribution in [2.24, 2.45) is 0 Å². The van der Waals surface area contributed by atoms with Gasteiger partial charge in [-0.1, -0.05) is 12.8 Å². The Morgan fingerprint density at radius 2 is 2.26 bits per heavy atom. The molecule has 2 unspecified atom stereocenters. The molecule has 108 valence electrons. The van der Waals surface area contributed by atoms with E-state index < -0.39 is 0 Å². The summed E-state index contributed by atoms with van der Waals surface area (Å²) in [7, 11) is 0. The zero-order chi connectivity index (χ0) is 13.7. The van der Waals surface area contributed by atoms with Crippen molar-refractivity contribution in [3.05, 3.63) is 0 Å². The molecular formula is C14H24N2O3. The summed E-state index contributed by atoms with van der Waals surface area (Å²) < 4.78 is 5.42. The molecule has 2 fully saturated rings. The van der Waals surface area contributed by atoms with Crippen molar-refractivity contribution in [2.75, 3.05) is 26.3 Å². The van der Waals surface area contributed by atoms with Gasteiger partial charge in [0.25, 0.3) is 0 Å². The Morgan fingerprint density at radius 1 is 1.42 bits per heavy atom. The van der Waals surface area contributed by atoms with Gasteiger partial charge in [0, 0.05) is 19.5 Å². The van der Waals surface area contributed by atoms with Gasteiger partial charge in [-0.2, -0.15) is 0 Å². The van der Waals surface area contributed by atoms with Gasteiger partial charge in [-0.3, -0.25) is 14.5 Å². The first-order valence-electron chi connectivity index (χ1n) is 7.38. The Labute approximate surface area is 114 Å². The lowest BCUT2D eigenvalue weighted by Gasteiger charge is -2.39. The smallest absolute Gasteiger partial charge is 0.239 e. The number of amides is 1. The number of likely N-dealkylation sites (N-methyl/N-ethyl adjacent to an activating group) is 1. The molecule has 1 saturated heterocycles. The molecule has 5 nitrogen and oxygen atoms in total. The first-order chi connectivity index (χ1) is 9.24. The van der Waals surface area contributed by atoms with Crippen LogP contribution < -0.4 is 5.32 Å². The number of Topliss-reactive ketones (excluding diaryl/α,β-unsaturated/α-hetero) is 1. The van der Waals surface area contributed by atoms with Gasteiger partial charge in [-0.25, -0.2) is 0 Å². The Bertz CT molecular complexity index is 333. The molecule has 2 aliphatic rings. The summed E-state index contributed by atoms with van der Waals surface area (Å²) in [5, 5.41) is 2.84. The van der Waals surface area contributed by atoms with Gasteiger partial charge in [0.15, 0.2) is 0 Å². The van der Waals surface area contributed by atoms with Crippen LogP contribution in [-0.2, 0) is 14.3 Å². The number of hydrogen-bond acceptors (Lipinski definition) is 4. The minimum absolute atomic E-state index is 0.0146. The van der Waals surface area contributed by atoms with Crippen molar-refractivity contribution >= 4 is 11.7 Å². The second kappa shape index (κ2) is 7.01. The monoisotopic (exact) mass is 268 g/mol. The Morgan fingerprint density at radius 3 is 3.05 bits per heavy atom. The molecule has 0 spiro atoms. The SMILES string of the molecule is CCNC(=O)C1COCCN1C1CCCCCC1=O. The minimum Gasteiger partial charge on any atom is -0.378 e. The average molecular weight is 268 g/mol. The molecule has 0 bridgehead atoms. The second-order valence-corrected chi connectivity index (χ2v) is 5.30. The largest absolute Gasteiger partial charge is 0.378 e. The van der Waals surface area contributed by atoms with Crippen LogP contribution in [0.2, 0.25) is 0 Å². The van der Waals surface area contributed by atoms with Crippen molar-refractivity contribution in [1.82, 2.24) is 10.2 Å². The van der Waals surface area contributed by atoms with Crippen molar-refractivity contribution in [2.45, 2.75) is 51.1 Å². The summed E-state index contributed by atoms with van der Waals surface area (Å²) in [4.78, 5) is 26.4. The van der Waals surface area contributed by atoms with Crippen LogP contribution in [0.4, 0.5) is 0 Å². The van der Waals surface area contributed by atoms with E-state index in [1.807, 2.05) is 6.92 Å². The Hall–Kier alpha value is -0.940.